The molecule has 1 aromatic rings. The highest BCUT2D eigenvalue weighted by Gasteiger charge is 2.28. The number of rotatable bonds is 1. The third-order valence-electron chi connectivity index (χ3n) is 2.83. The zero-order valence-corrected chi connectivity index (χ0v) is 12.3. The van der Waals surface area contributed by atoms with Gasteiger partial charge in [0.1, 0.15) is 5.60 Å². The van der Waals surface area contributed by atoms with Crippen LogP contribution in [0, 0.1) is 0 Å². The molecule has 0 aliphatic carbocycles. The number of hydrogen-bond donors (Lipinski definition) is 0. The summed E-state index contributed by atoms with van der Waals surface area (Å²) < 4.78 is 39.9. The van der Waals surface area contributed by atoms with E-state index in [1.165, 1.54) is 23.1 Å². The Hall–Kier alpha value is -1.63. The Morgan fingerprint density at radius 1 is 1.25 bits per heavy atom. The minimum atomic E-state index is -4.73. The Labute approximate surface area is 117 Å². The van der Waals surface area contributed by atoms with Gasteiger partial charge >= 0.3 is 16.3 Å². The monoisotopic (exact) mass is 301 g/mol. The van der Waals surface area contributed by atoms with Gasteiger partial charge in [0.25, 0.3) is 0 Å². The van der Waals surface area contributed by atoms with Crippen LogP contribution in [0.4, 0.5) is 8.68 Å². The molecule has 0 aromatic heterocycles. The first-order chi connectivity index (χ1) is 9.06. The maximum absolute atomic E-state index is 12.9. The Morgan fingerprint density at radius 2 is 1.85 bits per heavy atom. The molecule has 0 atom stereocenters. The van der Waals surface area contributed by atoms with E-state index in [1.807, 2.05) is 0 Å². The molecule has 1 aliphatic rings. The molecule has 5 nitrogen and oxygen atoms in total. The fraction of sp³-hybridized carbons (Fsp3) is 0.462. The van der Waals surface area contributed by atoms with Crippen molar-refractivity contribution >= 4 is 16.3 Å². The fourth-order valence-corrected chi connectivity index (χ4v) is 2.49. The van der Waals surface area contributed by atoms with Crippen LogP contribution in [0.25, 0.3) is 0 Å². The Morgan fingerprint density at radius 3 is 2.40 bits per heavy atom. The van der Waals surface area contributed by atoms with Crippen molar-refractivity contribution in [3.05, 3.63) is 29.3 Å². The second-order valence-corrected chi connectivity index (χ2v) is 7.05. The van der Waals surface area contributed by atoms with Crippen molar-refractivity contribution in [3.63, 3.8) is 0 Å². The highest BCUT2D eigenvalue weighted by Crippen LogP contribution is 2.27. The van der Waals surface area contributed by atoms with Crippen molar-refractivity contribution in [2.45, 2.75) is 44.4 Å². The van der Waals surface area contributed by atoms with E-state index in [2.05, 4.69) is 0 Å². The lowest BCUT2D eigenvalue weighted by Crippen LogP contribution is -2.33. The van der Waals surface area contributed by atoms with Gasteiger partial charge in [0.2, 0.25) is 0 Å². The van der Waals surface area contributed by atoms with Gasteiger partial charge in [-0.05, 0) is 44.0 Å². The van der Waals surface area contributed by atoms with Crippen molar-refractivity contribution in [1.29, 1.82) is 0 Å². The van der Waals surface area contributed by atoms with E-state index in [0.717, 1.165) is 5.56 Å². The summed E-state index contributed by atoms with van der Waals surface area (Å²) >= 11 is 0. The number of benzene rings is 1. The first-order valence-electron chi connectivity index (χ1n) is 6.11. The van der Waals surface area contributed by atoms with Crippen LogP contribution in [0.2, 0.25) is 0 Å². The van der Waals surface area contributed by atoms with Gasteiger partial charge in [-0.2, -0.15) is 8.42 Å². The number of carbonyl (C=O) groups is 1. The summed E-state index contributed by atoms with van der Waals surface area (Å²) in [7, 11) is -4.73. The molecule has 1 amide bonds. The van der Waals surface area contributed by atoms with Crippen LogP contribution < -0.4 is 0 Å². The Kier molecular flexibility index (Phi) is 3.49. The molecule has 0 radical (unpaired) electrons. The van der Waals surface area contributed by atoms with Gasteiger partial charge in [-0.3, -0.25) is 4.90 Å². The molecule has 1 aliphatic heterocycles. The van der Waals surface area contributed by atoms with Gasteiger partial charge < -0.3 is 4.74 Å². The van der Waals surface area contributed by atoms with Crippen LogP contribution >= 0.6 is 0 Å². The van der Waals surface area contributed by atoms with Gasteiger partial charge in [-0.1, -0.05) is 6.07 Å². The second kappa shape index (κ2) is 4.73. The van der Waals surface area contributed by atoms with E-state index in [-0.39, 0.29) is 11.4 Å². The summed E-state index contributed by atoms with van der Waals surface area (Å²) in [6.07, 6.45) is -0.474. The maximum atomic E-state index is 12.9. The van der Waals surface area contributed by atoms with Gasteiger partial charge in [0.05, 0.1) is 4.90 Å². The van der Waals surface area contributed by atoms with Crippen LogP contribution in [0.3, 0.4) is 0 Å². The smallest absolute Gasteiger partial charge is 0.410 e. The highest BCUT2D eigenvalue weighted by atomic mass is 32.3. The number of hydrogen-bond acceptors (Lipinski definition) is 4. The van der Waals surface area contributed by atoms with Crippen molar-refractivity contribution in [2.24, 2.45) is 0 Å². The van der Waals surface area contributed by atoms with Crippen molar-refractivity contribution < 1.29 is 21.8 Å². The van der Waals surface area contributed by atoms with Crippen LogP contribution in [-0.4, -0.2) is 25.0 Å². The predicted octanol–water partition coefficient (Wildman–Crippen LogP) is 2.60. The molecule has 0 saturated heterocycles. The SMILES string of the molecule is CC(C)(C)OC(=O)N1Cc2ccc(S(=O)(=O)F)cc2C1. The zero-order valence-electron chi connectivity index (χ0n) is 11.5. The quantitative estimate of drug-likeness (QED) is 0.748. The number of amides is 1. The standard InChI is InChI=1S/C13H16FNO4S/c1-13(2,3)19-12(16)15-7-9-4-5-11(20(14,17)18)6-10(9)8-15/h4-6H,7-8H2,1-3H3. The van der Waals surface area contributed by atoms with Crippen LogP contribution in [0.1, 0.15) is 31.9 Å². The highest BCUT2D eigenvalue weighted by molar-refractivity contribution is 7.86. The van der Waals surface area contributed by atoms with Crippen molar-refractivity contribution in [1.82, 2.24) is 4.90 Å². The molecule has 110 valence electrons. The first-order valence-corrected chi connectivity index (χ1v) is 7.49. The largest absolute Gasteiger partial charge is 0.444 e. The molecule has 0 bridgehead atoms. The van der Waals surface area contributed by atoms with E-state index >= 15 is 0 Å². The van der Waals surface area contributed by atoms with Crippen LogP contribution in [0.5, 0.6) is 0 Å². The molecule has 1 aromatic carbocycles. The van der Waals surface area contributed by atoms with E-state index in [9.17, 15) is 17.1 Å². The molecule has 0 N–H and O–H groups in total. The average molecular weight is 301 g/mol. The minimum absolute atomic E-state index is 0.216. The Bertz CT molecular complexity index is 649. The van der Waals surface area contributed by atoms with Crippen molar-refractivity contribution in [2.75, 3.05) is 0 Å². The van der Waals surface area contributed by atoms with Gasteiger partial charge in [-0.15, -0.1) is 3.89 Å². The third kappa shape index (κ3) is 3.27. The van der Waals surface area contributed by atoms with Crippen LogP contribution in [0.15, 0.2) is 23.1 Å². The molecular formula is C13H16FNO4S. The zero-order chi connectivity index (χ0) is 15.1. The summed E-state index contributed by atoms with van der Waals surface area (Å²) in [5.74, 6) is 0. The topological polar surface area (TPSA) is 63.7 Å². The lowest BCUT2D eigenvalue weighted by atomic mass is 10.1. The summed E-state index contributed by atoms with van der Waals surface area (Å²) in [5.41, 5.74) is 0.817. The van der Waals surface area contributed by atoms with Gasteiger partial charge in [0.15, 0.2) is 0 Å². The summed E-state index contributed by atoms with van der Waals surface area (Å²) in [5, 5.41) is 0. The average Bonchev–Trinajstić information content (AvgIpc) is 2.67. The van der Waals surface area contributed by atoms with E-state index in [4.69, 9.17) is 4.74 Å². The number of ether oxygens (including phenoxy) is 1. The molecule has 2 rings (SSSR count). The van der Waals surface area contributed by atoms with Crippen molar-refractivity contribution in [3.8, 4) is 0 Å². The number of carbonyl (C=O) groups excluding carboxylic acids is 1. The molecule has 0 fully saturated rings. The third-order valence-corrected chi connectivity index (χ3v) is 3.65. The van der Waals surface area contributed by atoms with Gasteiger partial charge in [0, 0.05) is 13.1 Å². The number of halogens is 1. The lowest BCUT2D eigenvalue weighted by Gasteiger charge is -2.24. The predicted molar refractivity (Wildman–Crippen MR) is 70.2 cm³/mol. The normalized spacial score (nSPS) is 15.1. The summed E-state index contributed by atoms with van der Waals surface area (Å²) in [6.45, 7) is 5.84. The molecule has 0 spiro atoms. The van der Waals surface area contributed by atoms with E-state index in [1.54, 1.807) is 20.8 Å². The molecule has 20 heavy (non-hydrogen) atoms. The molecule has 7 heteroatoms. The number of fused-ring (bicyclic) bond motifs is 1. The number of nitrogens with zero attached hydrogens (tertiary/aromatic N) is 1. The van der Waals surface area contributed by atoms with Crippen LogP contribution in [-0.2, 0) is 28.0 Å². The van der Waals surface area contributed by atoms with E-state index < -0.39 is 21.9 Å². The van der Waals surface area contributed by atoms with Gasteiger partial charge in [-0.25, -0.2) is 4.79 Å². The van der Waals surface area contributed by atoms with E-state index in [0.29, 0.717) is 12.1 Å². The lowest BCUT2D eigenvalue weighted by molar-refractivity contribution is 0.0242. The summed E-state index contributed by atoms with van der Waals surface area (Å²) in [4.78, 5) is 13.0. The Balaban J connectivity index is 2.18. The summed E-state index contributed by atoms with van der Waals surface area (Å²) in [6, 6.07) is 3.98. The molecular weight excluding hydrogens is 285 g/mol. The minimum Gasteiger partial charge on any atom is -0.444 e. The molecule has 0 unspecified atom stereocenters. The second-order valence-electron chi connectivity index (χ2n) is 5.70. The first kappa shape index (κ1) is 14.8. The molecule has 0 saturated carbocycles. The maximum Gasteiger partial charge on any atom is 0.410 e. The fourth-order valence-electron chi connectivity index (χ4n) is 1.98. The molecule has 1 heterocycles.